The summed E-state index contributed by atoms with van der Waals surface area (Å²) in [6, 6.07) is 0. The average molecular weight is 709 g/mol. The topological polar surface area (TPSA) is 91.3 Å². The van der Waals surface area contributed by atoms with E-state index in [0.717, 1.165) is 57.8 Å². The maximum Gasteiger partial charge on any atom is 0.472 e. The number of hydrogen-bond donors (Lipinski definition) is 1. The summed E-state index contributed by atoms with van der Waals surface area (Å²) in [5.41, 5.74) is 0. The lowest BCUT2D eigenvalue weighted by molar-refractivity contribution is -0.870. The van der Waals surface area contributed by atoms with Crippen LogP contribution in [-0.2, 0) is 27.9 Å². The lowest BCUT2D eigenvalue weighted by atomic mass is 10.1. The summed E-state index contributed by atoms with van der Waals surface area (Å²) in [6.45, 7) is 5.08. The van der Waals surface area contributed by atoms with E-state index in [1.165, 1.54) is 32.1 Å². The fourth-order valence-electron chi connectivity index (χ4n) is 4.41. The van der Waals surface area contributed by atoms with E-state index in [1.807, 2.05) is 28.1 Å². The zero-order valence-corrected chi connectivity index (χ0v) is 32.5. The Hall–Kier alpha value is -2.06. The van der Waals surface area contributed by atoms with Crippen molar-refractivity contribution in [2.45, 2.75) is 123 Å². The van der Waals surface area contributed by atoms with Crippen molar-refractivity contribution in [1.29, 1.82) is 0 Å². The van der Waals surface area contributed by atoms with E-state index in [-0.39, 0.29) is 32.2 Å². The SMILES string of the molecule is CC/C=C\C/C=C\C/C=C\C/C=C\C/C=C\C/C=C\CCCCCCCCCOCC(COP(=O)(O)OCC[N+](C)(C)C)OC(=O)CCC. The largest absolute Gasteiger partial charge is 0.472 e. The number of likely N-dealkylation sites (N-methyl/N-ethyl adjacent to an activating group) is 1. The summed E-state index contributed by atoms with van der Waals surface area (Å²) in [5.74, 6) is -0.376. The number of carbonyl (C=O) groups excluding carboxylic acids is 1. The highest BCUT2D eigenvalue weighted by molar-refractivity contribution is 7.47. The monoisotopic (exact) mass is 708 g/mol. The first-order chi connectivity index (χ1) is 23.6. The van der Waals surface area contributed by atoms with Crippen LogP contribution in [0.25, 0.3) is 0 Å². The predicted molar refractivity (Wildman–Crippen MR) is 205 cm³/mol. The third kappa shape index (κ3) is 37.0. The van der Waals surface area contributed by atoms with E-state index < -0.39 is 13.9 Å². The number of phosphoric acid groups is 1. The molecule has 0 rings (SSSR count). The van der Waals surface area contributed by atoms with E-state index >= 15 is 0 Å². The van der Waals surface area contributed by atoms with Gasteiger partial charge in [0.1, 0.15) is 19.3 Å². The van der Waals surface area contributed by atoms with Crippen molar-refractivity contribution >= 4 is 13.8 Å². The Morgan fingerprint density at radius 1 is 0.653 bits per heavy atom. The molecule has 0 radical (unpaired) electrons. The predicted octanol–water partition coefficient (Wildman–Crippen LogP) is 10.4. The summed E-state index contributed by atoms with van der Waals surface area (Å²) >= 11 is 0. The zero-order chi connectivity index (χ0) is 36.3. The molecule has 0 aliphatic rings. The average Bonchev–Trinajstić information content (AvgIpc) is 3.04. The number of rotatable bonds is 33. The van der Waals surface area contributed by atoms with Gasteiger partial charge in [0.25, 0.3) is 0 Å². The smallest absolute Gasteiger partial charge is 0.457 e. The molecule has 0 aromatic rings. The van der Waals surface area contributed by atoms with Gasteiger partial charge in [-0.25, -0.2) is 4.57 Å². The molecule has 0 aromatic heterocycles. The first-order valence-electron chi connectivity index (χ1n) is 18.7. The molecule has 0 saturated heterocycles. The van der Waals surface area contributed by atoms with Crippen LogP contribution in [0.4, 0.5) is 0 Å². The van der Waals surface area contributed by atoms with Gasteiger partial charge in [-0.05, 0) is 64.2 Å². The molecule has 0 aliphatic carbocycles. The molecule has 0 amide bonds. The van der Waals surface area contributed by atoms with Crippen LogP contribution in [0, 0.1) is 0 Å². The van der Waals surface area contributed by atoms with Gasteiger partial charge in [-0.2, -0.15) is 0 Å². The number of carbonyl (C=O) groups is 1. The minimum absolute atomic E-state index is 0.0809. The molecule has 0 aromatic carbocycles. The van der Waals surface area contributed by atoms with Crippen LogP contribution < -0.4 is 0 Å². The first-order valence-corrected chi connectivity index (χ1v) is 20.2. The number of hydrogen-bond acceptors (Lipinski definition) is 6. The highest BCUT2D eigenvalue weighted by Crippen LogP contribution is 2.43. The molecule has 0 spiro atoms. The van der Waals surface area contributed by atoms with Crippen molar-refractivity contribution in [3.63, 3.8) is 0 Å². The number of ether oxygens (including phenoxy) is 2. The molecule has 9 heteroatoms. The summed E-state index contributed by atoms with van der Waals surface area (Å²) < 4.78 is 34.1. The quantitative estimate of drug-likeness (QED) is 0.0239. The Morgan fingerprint density at radius 3 is 1.65 bits per heavy atom. The van der Waals surface area contributed by atoms with Gasteiger partial charge in [0.2, 0.25) is 0 Å². The molecule has 282 valence electrons. The van der Waals surface area contributed by atoms with E-state index in [9.17, 15) is 14.3 Å². The van der Waals surface area contributed by atoms with E-state index in [1.54, 1.807) is 0 Å². The third-order valence-electron chi connectivity index (χ3n) is 7.25. The minimum atomic E-state index is -4.25. The highest BCUT2D eigenvalue weighted by Gasteiger charge is 2.26. The van der Waals surface area contributed by atoms with Crippen molar-refractivity contribution in [1.82, 2.24) is 0 Å². The third-order valence-corrected chi connectivity index (χ3v) is 8.24. The van der Waals surface area contributed by atoms with Crippen LogP contribution in [0.2, 0.25) is 0 Å². The number of phosphoric ester groups is 1. The van der Waals surface area contributed by atoms with Gasteiger partial charge in [0, 0.05) is 13.0 Å². The van der Waals surface area contributed by atoms with E-state index in [4.69, 9.17) is 18.5 Å². The minimum Gasteiger partial charge on any atom is -0.457 e. The van der Waals surface area contributed by atoms with Gasteiger partial charge in [0.15, 0.2) is 0 Å². The maximum atomic E-state index is 12.2. The maximum absolute atomic E-state index is 12.2. The lowest BCUT2D eigenvalue weighted by Crippen LogP contribution is -2.37. The summed E-state index contributed by atoms with van der Waals surface area (Å²) in [7, 11) is 1.64. The number of unbranched alkanes of at least 4 members (excludes halogenated alkanes) is 7. The van der Waals surface area contributed by atoms with E-state index in [0.29, 0.717) is 24.1 Å². The number of quaternary nitrogens is 1. The molecular weight excluding hydrogens is 637 g/mol. The van der Waals surface area contributed by atoms with Gasteiger partial charge in [-0.1, -0.05) is 119 Å². The van der Waals surface area contributed by atoms with E-state index in [2.05, 4.69) is 79.8 Å². The summed E-state index contributed by atoms with van der Waals surface area (Å²) in [4.78, 5) is 22.0. The van der Waals surface area contributed by atoms with Gasteiger partial charge >= 0.3 is 13.8 Å². The van der Waals surface area contributed by atoms with Gasteiger partial charge in [-0.3, -0.25) is 13.8 Å². The lowest BCUT2D eigenvalue weighted by Gasteiger charge is -2.24. The fraction of sp³-hybridized carbons (Fsp3) is 0.675. The number of esters is 1. The second kappa shape index (κ2) is 33.1. The molecule has 0 saturated carbocycles. The van der Waals surface area contributed by atoms with Gasteiger partial charge < -0.3 is 18.9 Å². The Kier molecular flexibility index (Phi) is 31.7. The molecule has 0 bridgehead atoms. The molecule has 2 atom stereocenters. The Balaban J connectivity index is 3.86. The standard InChI is InChI=1S/C40H70NO7P/c1-6-8-9-10-11-12-13-14-15-16-17-18-19-20-21-22-23-24-25-26-27-28-29-30-31-32-35-45-37-39(48-40(42)33-7-2)38-47-49(43,44)46-36-34-41(3,4)5/h8-9,11-12,14-15,17-18,20-21,23-24,39H,6-7,10,13,16,19,22,25-38H2,1-5H3/p+1/b9-8-,12-11-,15-14-,18-17-,21-20-,24-23-. The van der Waals surface area contributed by atoms with Crippen LogP contribution in [0.5, 0.6) is 0 Å². The van der Waals surface area contributed by atoms with Crippen LogP contribution in [0.1, 0.15) is 117 Å². The second-order valence-corrected chi connectivity index (χ2v) is 14.7. The van der Waals surface area contributed by atoms with Crippen LogP contribution in [0.3, 0.4) is 0 Å². The molecule has 8 nitrogen and oxygen atoms in total. The van der Waals surface area contributed by atoms with Gasteiger partial charge in [0.05, 0.1) is 34.4 Å². The summed E-state index contributed by atoms with van der Waals surface area (Å²) in [5, 5.41) is 0. The molecular formula is C40H71NO7P+. The Morgan fingerprint density at radius 2 is 1.14 bits per heavy atom. The zero-order valence-electron chi connectivity index (χ0n) is 31.6. The van der Waals surface area contributed by atoms with Crippen molar-refractivity contribution in [2.75, 3.05) is 54.1 Å². The molecule has 0 aliphatic heterocycles. The Labute approximate surface area is 300 Å². The molecule has 2 unspecified atom stereocenters. The molecule has 0 fully saturated rings. The normalized spacial score (nSPS) is 14.8. The van der Waals surface area contributed by atoms with Crippen molar-refractivity contribution in [3.8, 4) is 0 Å². The second-order valence-electron chi connectivity index (χ2n) is 13.2. The molecule has 1 N–H and O–H groups in total. The van der Waals surface area contributed by atoms with Crippen LogP contribution in [-0.4, -0.2) is 75.6 Å². The Bertz CT molecular complexity index is 1010. The fourth-order valence-corrected chi connectivity index (χ4v) is 5.16. The first kappa shape index (κ1) is 46.9. The van der Waals surface area contributed by atoms with Gasteiger partial charge in [-0.15, -0.1) is 0 Å². The van der Waals surface area contributed by atoms with Crippen molar-refractivity contribution in [2.24, 2.45) is 0 Å². The van der Waals surface area contributed by atoms with Crippen molar-refractivity contribution < 1.29 is 37.3 Å². The van der Waals surface area contributed by atoms with Crippen LogP contribution in [0.15, 0.2) is 72.9 Å². The van der Waals surface area contributed by atoms with Crippen molar-refractivity contribution in [3.05, 3.63) is 72.9 Å². The highest BCUT2D eigenvalue weighted by atomic mass is 31.2. The van der Waals surface area contributed by atoms with Crippen LogP contribution >= 0.6 is 7.82 Å². The number of nitrogens with zero attached hydrogens (tertiary/aromatic N) is 1. The molecule has 49 heavy (non-hydrogen) atoms. The summed E-state index contributed by atoms with van der Waals surface area (Å²) in [6.07, 6.45) is 42.3. The molecule has 0 heterocycles. The number of allylic oxidation sites excluding steroid dienone is 12.